The zero-order valence-corrected chi connectivity index (χ0v) is 12.1. The van der Waals surface area contributed by atoms with Gasteiger partial charge in [0.05, 0.1) is 0 Å². The zero-order valence-electron chi connectivity index (χ0n) is 10.5. The largest absolute Gasteiger partial charge is 0.330 e. The Bertz CT molecular complexity index is 361. The molecular formula is C13H21BrN2. The molecule has 3 N–H and O–H groups in total. The third-order valence-corrected chi connectivity index (χ3v) is 3.64. The fraction of sp³-hybridized carbons (Fsp3) is 0.538. The van der Waals surface area contributed by atoms with Gasteiger partial charge in [0.1, 0.15) is 0 Å². The number of benzene rings is 1. The van der Waals surface area contributed by atoms with Crippen LogP contribution in [0.1, 0.15) is 31.0 Å². The van der Waals surface area contributed by atoms with Crippen LogP contribution >= 0.6 is 15.9 Å². The van der Waals surface area contributed by atoms with Crippen LogP contribution in [0.3, 0.4) is 0 Å². The van der Waals surface area contributed by atoms with Crippen LogP contribution in [0.25, 0.3) is 0 Å². The van der Waals surface area contributed by atoms with E-state index >= 15 is 0 Å². The van der Waals surface area contributed by atoms with Gasteiger partial charge in [0, 0.05) is 10.5 Å². The maximum Gasteiger partial charge on any atom is 0.0384 e. The van der Waals surface area contributed by atoms with Crippen molar-refractivity contribution in [3.63, 3.8) is 0 Å². The SMILES string of the molecule is CNC(c1cc(Br)ccc1C)C(C)(C)CN. The topological polar surface area (TPSA) is 38.0 Å². The van der Waals surface area contributed by atoms with Gasteiger partial charge in [0.25, 0.3) is 0 Å². The van der Waals surface area contributed by atoms with E-state index in [1.54, 1.807) is 0 Å². The van der Waals surface area contributed by atoms with Crippen molar-refractivity contribution in [1.29, 1.82) is 0 Å². The average molecular weight is 285 g/mol. The minimum atomic E-state index is 0.0420. The molecule has 0 saturated carbocycles. The van der Waals surface area contributed by atoms with Crippen molar-refractivity contribution in [2.24, 2.45) is 11.1 Å². The molecule has 0 heterocycles. The summed E-state index contributed by atoms with van der Waals surface area (Å²) in [5, 5.41) is 3.38. The molecule has 0 bridgehead atoms. The van der Waals surface area contributed by atoms with Crippen molar-refractivity contribution >= 4 is 15.9 Å². The van der Waals surface area contributed by atoms with E-state index in [-0.39, 0.29) is 11.5 Å². The molecule has 1 aromatic carbocycles. The lowest BCUT2D eigenvalue weighted by Crippen LogP contribution is -2.38. The predicted molar refractivity (Wildman–Crippen MR) is 73.5 cm³/mol. The van der Waals surface area contributed by atoms with Crippen molar-refractivity contribution in [3.8, 4) is 0 Å². The van der Waals surface area contributed by atoms with Crippen molar-refractivity contribution in [2.75, 3.05) is 13.6 Å². The molecule has 1 unspecified atom stereocenters. The zero-order chi connectivity index (χ0) is 12.3. The predicted octanol–water partition coefficient (Wildman–Crippen LogP) is 3.00. The summed E-state index contributed by atoms with van der Waals surface area (Å²) in [7, 11) is 1.99. The summed E-state index contributed by atoms with van der Waals surface area (Å²) in [4.78, 5) is 0. The van der Waals surface area contributed by atoms with Crippen LogP contribution in [-0.4, -0.2) is 13.6 Å². The fourth-order valence-electron chi connectivity index (χ4n) is 2.01. The first-order valence-corrected chi connectivity index (χ1v) is 6.35. The molecule has 0 aliphatic rings. The fourth-order valence-corrected chi connectivity index (χ4v) is 2.39. The lowest BCUT2D eigenvalue weighted by atomic mass is 9.79. The average Bonchev–Trinajstić information content (AvgIpc) is 2.24. The Hall–Kier alpha value is -0.380. The summed E-state index contributed by atoms with van der Waals surface area (Å²) in [5.41, 5.74) is 8.51. The summed E-state index contributed by atoms with van der Waals surface area (Å²) in [6.07, 6.45) is 0. The van der Waals surface area contributed by atoms with Gasteiger partial charge in [-0.05, 0) is 49.2 Å². The van der Waals surface area contributed by atoms with E-state index < -0.39 is 0 Å². The molecule has 3 heteroatoms. The first kappa shape index (κ1) is 13.7. The number of hydrogen-bond acceptors (Lipinski definition) is 2. The molecule has 0 amide bonds. The molecular weight excluding hydrogens is 264 g/mol. The molecule has 1 aromatic rings. The van der Waals surface area contributed by atoms with E-state index in [0.29, 0.717) is 6.54 Å². The second kappa shape index (κ2) is 5.30. The van der Waals surface area contributed by atoms with Crippen LogP contribution in [0.15, 0.2) is 22.7 Å². The smallest absolute Gasteiger partial charge is 0.0384 e. The van der Waals surface area contributed by atoms with E-state index in [9.17, 15) is 0 Å². The monoisotopic (exact) mass is 284 g/mol. The second-order valence-corrected chi connectivity index (χ2v) is 5.83. The Kier molecular flexibility index (Phi) is 4.53. The Morgan fingerprint density at radius 3 is 2.56 bits per heavy atom. The van der Waals surface area contributed by atoms with E-state index in [4.69, 9.17) is 5.73 Å². The van der Waals surface area contributed by atoms with Crippen molar-refractivity contribution in [3.05, 3.63) is 33.8 Å². The lowest BCUT2D eigenvalue weighted by molar-refractivity contribution is 0.265. The van der Waals surface area contributed by atoms with E-state index in [2.05, 4.69) is 60.2 Å². The minimum Gasteiger partial charge on any atom is -0.330 e. The Morgan fingerprint density at radius 2 is 2.06 bits per heavy atom. The Morgan fingerprint density at radius 1 is 1.44 bits per heavy atom. The van der Waals surface area contributed by atoms with Gasteiger partial charge in [-0.15, -0.1) is 0 Å². The standard InChI is InChI=1S/C13H21BrN2/c1-9-5-6-10(14)7-11(9)12(16-4)13(2,3)8-15/h5-7,12,16H,8,15H2,1-4H3. The highest BCUT2D eigenvalue weighted by atomic mass is 79.9. The Balaban J connectivity index is 3.18. The van der Waals surface area contributed by atoms with Gasteiger partial charge < -0.3 is 11.1 Å². The van der Waals surface area contributed by atoms with Crippen LogP contribution < -0.4 is 11.1 Å². The van der Waals surface area contributed by atoms with E-state index in [1.807, 2.05) is 7.05 Å². The quantitative estimate of drug-likeness (QED) is 0.892. The first-order chi connectivity index (χ1) is 7.42. The first-order valence-electron chi connectivity index (χ1n) is 5.55. The molecule has 1 atom stereocenters. The van der Waals surface area contributed by atoms with E-state index in [0.717, 1.165) is 4.47 Å². The van der Waals surface area contributed by atoms with Crippen LogP contribution in [0.5, 0.6) is 0 Å². The number of hydrogen-bond donors (Lipinski definition) is 2. The van der Waals surface area contributed by atoms with Crippen LogP contribution in [0.2, 0.25) is 0 Å². The number of nitrogens with two attached hydrogens (primary N) is 1. The number of nitrogens with one attached hydrogen (secondary N) is 1. The number of aryl methyl sites for hydroxylation is 1. The maximum atomic E-state index is 5.86. The second-order valence-electron chi connectivity index (χ2n) is 4.92. The molecule has 0 saturated heterocycles. The molecule has 0 spiro atoms. The highest BCUT2D eigenvalue weighted by Gasteiger charge is 2.29. The van der Waals surface area contributed by atoms with Gasteiger partial charge in [-0.25, -0.2) is 0 Å². The van der Waals surface area contributed by atoms with Crippen LogP contribution in [0, 0.1) is 12.3 Å². The number of halogens is 1. The highest BCUT2D eigenvalue weighted by molar-refractivity contribution is 9.10. The van der Waals surface area contributed by atoms with Gasteiger partial charge in [0.2, 0.25) is 0 Å². The summed E-state index contributed by atoms with van der Waals surface area (Å²) in [6, 6.07) is 6.65. The minimum absolute atomic E-state index is 0.0420. The molecule has 0 radical (unpaired) electrons. The third-order valence-electron chi connectivity index (χ3n) is 3.15. The molecule has 90 valence electrons. The maximum absolute atomic E-state index is 5.86. The van der Waals surface area contributed by atoms with Gasteiger partial charge in [-0.2, -0.15) is 0 Å². The Labute approximate surface area is 107 Å². The number of rotatable bonds is 4. The van der Waals surface area contributed by atoms with Crippen molar-refractivity contribution < 1.29 is 0 Å². The van der Waals surface area contributed by atoms with Gasteiger partial charge in [0.15, 0.2) is 0 Å². The van der Waals surface area contributed by atoms with Crippen LogP contribution in [-0.2, 0) is 0 Å². The van der Waals surface area contributed by atoms with Gasteiger partial charge >= 0.3 is 0 Å². The normalized spacial score (nSPS) is 13.9. The van der Waals surface area contributed by atoms with Crippen LogP contribution in [0.4, 0.5) is 0 Å². The summed E-state index contributed by atoms with van der Waals surface area (Å²) < 4.78 is 1.11. The summed E-state index contributed by atoms with van der Waals surface area (Å²) in [6.45, 7) is 7.17. The van der Waals surface area contributed by atoms with Crippen molar-refractivity contribution in [1.82, 2.24) is 5.32 Å². The third kappa shape index (κ3) is 2.84. The molecule has 16 heavy (non-hydrogen) atoms. The molecule has 0 fully saturated rings. The summed E-state index contributed by atoms with van der Waals surface area (Å²) >= 11 is 3.52. The molecule has 2 nitrogen and oxygen atoms in total. The van der Waals surface area contributed by atoms with E-state index in [1.165, 1.54) is 11.1 Å². The van der Waals surface area contributed by atoms with Gasteiger partial charge in [-0.1, -0.05) is 35.8 Å². The molecule has 0 aliphatic carbocycles. The molecule has 0 aliphatic heterocycles. The molecule has 1 rings (SSSR count). The lowest BCUT2D eigenvalue weighted by Gasteiger charge is -2.34. The highest BCUT2D eigenvalue weighted by Crippen LogP contribution is 2.34. The van der Waals surface area contributed by atoms with Crippen molar-refractivity contribution in [2.45, 2.75) is 26.8 Å². The van der Waals surface area contributed by atoms with Gasteiger partial charge in [-0.3, -0.25) is 0 Å². The summed E-state index contributed by atoms with van der Waals surface area (Å²) in [5.74, 6) is 0. The molecule has 0 aromatic heterocycles.